The molecule has 0 aliphatic heterocycles. The van der Waals surface area contributed by atoms with E-state index in [-0.39, 0.29) is 17.8 Å². The minimum atomic E-state index is -1.19. The summed E-state index contributed by atoms with van der Waals surface area (Å²) in [5, 5.41) is 12.1. The summed E-state index contributed by atoms with van der Waals surface area (Å²) in [5.41, 5.74) is 0.492. The number of carboxylic acid groups (broad SMARTS) is 1. The number of carbonyl (C=O) groups is 2. The maximum atomic E-state index is 12.0. The summed E-state index contributed by atoms with van der Waals surface area (Å²) in [6, 6.07) is 9.88. The molecule has 1 aromatic carbocycles. The molecule has 0 unspecified atom stereocenters. The Bertz CT molecular complexity index is 658. The molecular formula is C14H11ClN2O3. The molecule has 0 atom stereocenters. The van der Waals surface area contributed by atoms with Crippen molar-refractivity contribution in [2.24, 2.45) is 0 Å². The zero-order valence-corrected chi connectivity index (χ0v) is 11.1. The predicted molar refractivity (Wildman–Crippen MR) is 73.8 cm³/mol. The summed E-state index contributed by atoms with van der Waals surface area (Å²) in [4.78, 5) is 26.8. The van der Waals surface area contributed by atoms with Crippen molar-refractivity contribution in [1.82, 2.24) is 10.3 Å². The topological polar surface area (TPSA) is 79.3 Å². The fraction of sp³-hybridized carbons (Fsp3) is 0.0714. The molecule has 0 spiro atoms. The van der Waals surface area contributed by atoms with Gasteiger partial charge in [-0.3, -0.25) is 9.78 Å². The molecule has 0 bridgehead atoms. The summed E-state index contributed by atoms with van der Waals surface area (Å²) in [5.74, 6) is -1.75. The highest BCUT2D eigenvalue weighted by atomic mass is 35.5. The lowest BCUT2D eigenvalue weighted by Crippen LogP contribution is -2.26. The molecule has 0 aliphatic carbocycles. The van der Waals surface area contributed by atoms with Crippen molar-refractivity contribution in [3.05, 3.63) is 64.4 Å². The smallest absolute Gasteiger partial charge is 0.338 e. The van der Waals surface area contributed by atoms with Gasteiger partial charge < -0.3 is 10.4 Å². The van der Waals surface area contributed by atoms with E-state index >= 15 is 0 Å². The maximum Gasteiger partial charge on any atom is 0.338 e. The van der Waals surface area contributed by atoms with Crippen LogP contribution in [0.15, 0.2) is 42.6 Å². The summed E-state index contributed by atoms with van der Waals surface area (Å²) in [7, 11) is 0. The molecule has 1 heterocycles. The Labute approximate surface area is 120 Å². The third kappa shape index (κ3) is 3.13. The van der Waals surface area contributed by atoms with E-state index in [2.05, 4.69) is 10.3 Å². The highest BCUT2D eigenvalue weighted by Crippen LogP contribution is 2.14. The van der Waals surface area contributed by atoms with Crippen LogP contribution in [-0.2, 0) is 6.54 Å². The van der Waals surface area contributed by atoms with Gasteiger partial charge in [0.05, 0.1) is 5.56 Å². The van der Waals surface area contributed by atoms with Gasteiger partial charge in [0.25, 0.3) is 5.91 Å². The van der Waals surface area contributed by atoms with Crippen LogP contribution in [0.4, 0.5) is 0 Å². The third-order valence-electron chi connectivity index (χ3n) is 2.65. The van der Waals surface area contributed by atoms with Gasteiger partial charge in [0.1, 0.15) is 5.69 Å². The number of benzene rings is 1. The minimum absolute atomic E-state index is 0.118. The molecule has 0 fully saturated rings. The highest BCUT2D eigenvalue weighted by molar-refractivity contribution is 6.31. The van der Waals surface area contributed by atoms with Gasteiger partial charge in [-0.05, 0) is 23.8 Å². The van der Waals surface area contributed by atoms with Crippen molar-refractivity contribution in [2.45, 2.75) is 6.54 Å². The fourth-order valence-corrected chi connectivity index (χ4v) is 1.86. The number of pyridine rings is 1. The van der Waals surface area contributed by atoms with Crippen LogP contribution in [0, 0.1) is 0 Å². The summed E-state index contributed by atoms with van der Waals surface area (Å²) in [6.45, 7) is 0.203. The second kappa shape index (κ2) is 6.16. The molecule has 1 amide bonds. The number of carboxylic acids is 1. The molecular weight excluding hydrogens is 280 g/mol. The number of hydrogen-bond acceptors (Lipinski definition) is 3. The molecule has 2 N–H and O–H groups in total. The summed E-state index contributed by atoms with van der Waals surface area (Å²) in [6.07, 6.45) is 1.37. The highest BCUT2D eigenvalue weighted by Gasteiger charge is 2.17. The average molecular weight is 291 g/mol. The molecule has 102 valence electrons. The van der Waals surface area contributed by atoms with E-state index in [9.17, 15) is 9.59 Å². The van der Waals surface area contributed by atoms with Crippen LogP contribution in [0.25, 0.3) is 0 Å². The standard InChI is InChI=1S/C14H11ClN2O3/c15-11-6-2-1-4-9(11)8-17-13(18)12-10(14(19)20)5-3-7-16-12/h1-7H,8H2,(H,17,18)(H,19,20). The molecule has 0 saturated heterocycles. The van der Waals surface area contributed by atoms with Crippen molar-refractivity contribution in [2.75, 3.05) is 0 Å². The van der Waals surface area contributed by atoms with E-state index in [1.165, 1.54) is 18.3 Å². The summed E-state index contributed by atoms with van der Waals surface area (Å²) < 4.78 is 0. The number of halogens is 1. The van der Waals surface area contributed by atoms with Crippen LogP contribution in [0.3, 0.4) is 0 Å². The lowest BCUT2D eigenvalue weighted by molar-refractivity contribution is 0.0690. The summed E-state index contributed by atoms with van der Waals surface area (Å²) >= 11 is 5.97. The van der Waals surface area contributed by atoms with Crippen molar-refractivity contribution >= 4 is 23.5 Å². The number of nitrogens with one attached hydrogen (secondary N) is 1. The first-order valence-electron chi connectivity index (χ1n) is 5.79. The molecule has 0 saturated carbocycles. The van der Waals surface area contributed by atoms with E-state index in [4.69, 9.17) is 16.7 Å². The number of carbonyl (C=O) groups excluding carboxylic acids is 1. The Kier molecular flexibility index (Phi) is 4.32. The molecule has 6 heteroatoms. The van der Waals surface area contributed by atoms with Crippen LogP contribution in [0.2, 0.25) is 5.02 Å². The van der Waals surface area contributed by atoms with Gasteiger partial charge in [0.2, 0.25) is 0 Å². The monoisotopic (exact) mass is 290 g/mol. The van der Waals surface area contributed by atoms with Crippen molar-refractivity contribution in [3.63, 3.8) is 0 Å². The molecule has 5 nitrogen and oxygen atoms in total. The number of amides is 1. The first-order valence-corrected chi connectivity index (χ1v) is 6.17. The van der Waals surface area contributed by atoms with Crippen LogP contribution in [-0.4, -0.2) is 22.0 Å². The van der Waals surface area contributed by atoms with E-state index in [0.29, 0.717) is 5.02 Å². The second-order valence-electron chi connectivity index (χ2n) is 3.98. The Hall–Kier alpha value is -2.40. The molecule has 0 radical (unpaired) electrons. The number of hydrogen-bond donors (Lipinski definition) is 2. The average Bonchev–Trinajstić information content (AvgIpc) is 2.46. The molecule has 0 aliphatic rings. The van der Waals surface area contributed by atoms with Crippen molar-refractivity contribution in [3.8, 4) is 0 Å². The Balaban J connectivity index is 2.14. The van der Waals surface area contributed by atoms with E-state index < -0.39 is 11.9 Å². The van der Waals surface area contributed by atoms with Crippen LogP contribution < -0.4 is 5.32 Å². The molecule has 1 aromatic heterocycles. The van der Waals surface area contributed by atoms with Gasteiger partial charge in [-0.25, -0.2) is 4.79 Å². The van der Waals surface area contributed by atoms with E-state index in [1.54, 1.807) is 24.3 Å². The van der Waals surface area contributed by atoms with Crippen LogP contribution in [0.1, 0.15) is 26.4 Å². The minimum Gasteiger partial charge on any atom is -0.478 e. The first kappa shape index (κ1) is 14.0. The lowest BCUT2D eigenvalue weighted by atomic mass is 10.1. The molecule has 2 rings (SSSR count). The molecule has 2 aromatic rings. The zero-order valence-electron chi connectivity index (χ0n) is 10.3. The van der Waals surface area contributed by atoms with Crippen LogP contribution in [0.5, 0.6) is 0 Å². The predicted octanol–water partition coefficient (Wildman–Crippen LogP) is 2.36. The zero-order chi connectivity index (χ0) is 14.5. The Morgan fingerprint density at radius 2 is 1.95 bits per heavy atom. The quantitative estimate of drug-likeness (QED) is 0.906. The van der Waals surface area contributed by atoms with Gasteiger partial charge in [-0.15, -0.1) is 0 Å². The second-order valence-corrected chi connectivity index (χ2v) is 4.39. The lowest BCUT2D eigenvalue weighted by Gasteiger charge is -2.08. The normalized spacial score (nSPS) is 10.1. The van der Waals surface area contributed by atoms with Gasteiger partial charge in [-0.2, -0.15) is 0 Å². The fourth-order valence-electron chi connectivity index (χ4n) is 1.66. The first-order chi connectivity index (χ1) is 9.59. The number of nitrogens with zero attached hydrogens (tertiary/aromatic N) is 1. The SMILES string of the molecule is O=C(O)c1cccnc1C(=O)NCc1ccccc1Cl. The Morgan fingerprint density at radius 1 is 1.20 bits per heavy atom. The van der Waals surface area contributed by atoms with Gasteiger partial charge in [0, 0.05) is 17.8 Å². The van der Waals surface area contributed by atoms with Crippen LogP contribution >= 0.6 is 11.6 Å². The van der Waals surface area contributed by atoms with E-state index in [1.807, 2.05) is 0 Å². The largest absolute Gasteiger partial charge is 0.478 e. The maximum absolute atomic E-state index is 12.0. The van der Waals surface area contributed by atoms with E-state index in [0.717, 1.165) is 5.56 Å². The third-order valence-corrected chi connectivity index (χ3v) is 3.02. The number of aromatic carboxylic acids is 1. The van der Waals surface area contributed by atoms with Crippen molar-refractivity contribution < 1.29 is 14.7 Å². The molecule has 20 heavy (non-hydrogen) atoms. The Morgan fingerprint density at radius 3 is 2.65 bits per heavy atom. The van der Waals surface area contributed by atoms with Gasteiger partial charge >= 0.3 is 5.97 Å². The van der Waals surface area contributed by atoms with Crippen molar-refractivity contribution in [1.29, 1.82) is 0 Å². The van der Waals surface area contributed by atoms with Gasteiger partial charge in [-0.1, -0.05) is 29.8 Å². The van der Waals surface area contributed by atoms with Gasteiger partial charge in [0.15, 0.2) is 0 Å². The number of aromatic nitrogens is 1. The number of rotatable bonds is 4.